The number of ketones is 1. The number of ether oxygens (including phenoxy) is 1. The number of benzene rings is 2. The fourth-order valence-corrected chi connectivity index (χ4v) is 3.54. The smallest absolute Gasteiger partial charge is 0.321 e. The number of nitrogens with zero attached hydrogens (tertiary/aromatic N) is 1. The quantitative estimate of drug-likeness (QED) is 0.530. The summed E-state index contributed by atoms with van der Waals surface area (Å²) in [7, 11) is 0. The standard InChI is InChI=1S/C24H27N3O5/c1-16(28)20-12-6-7-13-21(20)26-22(29)17(2)32-23(30)18-9-8-14-27(15-18)24(31)25-19-10-4-3-5-11-19/h3-7,10-13,17-18H,8-9,14-15H2,1-2H3,(H,25,31)(H,26,29). The third kappa shape index (κ3) is 5.94. The highest BCUT2D eigenvalue weighted by atomic mass is 16.5. The molecule has 2 aromatic rings. The van der Waals surface area contributed by atoms with Gasteiger partial charge in [-0.3, -0.25) is 14.4 Å². The molecule has 3 amide bonds. The molecule has 1 heterocycles. The number of nitrogens with one attached hydrogen (secondary N) is 2. The summed E-state index contributed by atoms with van der Waals surface area (Å²) in [6, 6.07) is 15.5. The lowest BCUT2D eigenvalue weighted by molar-refractivity contribution is -0.158. The van der Waals surface area contributed by atoms with Crippen molar-refractivity contribution >= 4 is 35.1 Å². The molecule has 0 spiro atoms. The maximum Gasteiger partial charge on any atom is 0.321 e. The number of likely N-dealkylation sites (tertiary alicyclic amines) is 1. The van der Waals surface area contributed by atoms with Gasteiger partial charge >= 0.3 is 12.0 Å². The molecule has 1 aliphatic rings. The summed E-state index contributed by atoms with van der Waals surface area (Å²) in [5.74, 6) is -1.74. The number of amides is 3. The van der Waals surface area contributed by atoms with Crippen molar-refractivity contribution in [1.82, 2.24) is 4.90 Å². The average molecular weight is 437 g/mol. The average Bonchev–Trinajstić information content (AvgIpc) is 2.80. The number of para-hydroxylation sites is 2. The van der Waals surface area contributed by atoms with Crippen LogP contribution in [0.25, 0.3) is 0 Å². The first-order valence-corrected chi connectivity index (χ1v) is 10.6. The van der Waals surface area contributed by atoms with Crippen LogP contribution in [-0.2, 0) is 14.3 Å². The molecule has 0 bridgehead atoms. The topological polar surface area (TPSA) is 105 Å². The lowest BCUT2D eigenvalue weighted by Crippen LogP contribution is -2.45. The number of hydrogen-bond donors (Lipinski definition) is 2. The van der Waals surface area contributed by atoms with E-state index in [4.69, 9.17) is 4.74 Å². The van der Waals surface area contributed by atoms with Crippen molar-refractivity contribution in [2.45, 2.75) is 32.8 Å². The predicted molar refractivity (Wildman–Crippen MR) is 120 cm³/mol. The Balaban J connectivity index is 1.55. The summed E-state index contributed by atoms with van der Waals surface area (Å²) in [4.78, 5) is 51.0. The first-order chi connectivity index (χ1) is 15.3. The molecule has 2 unspecified atom stereocenters. The van der Waals surface area contributed by atoms with Crippen molar-refractivity contribution in [1.29, 1.82) is 0 Å². The Hall–Kier alpha value is -3.68. The molecule has 2 atom stereocenters. The molecule has 0 radical (unpaired) electrons. The molecule has 0 aromatic heterocycles. The lowest BCUT2D eigenvalue weighted by atomic mass is 9.98. The van der Waals surface area contributed by atoms with Crippen LogP contribution in [0.4, 0.5) is 16.2 Å². The minimum absolute atomic E-state index is 0.179. The van der Waals surface area contributed by atoms with E-state index in [1.54, 1.807) is 41.3 Å². The number of Topliss-reactive ketones (excluding diaryl/α,β-unsaturated/α-hetero) is 1. The second kappa shape index (κ2) is 10.6. The van der Waals surface area contributed by atoms with Gasteiger partial charge in [-0.25, -0.2) is 4.79 Å². The summed E-state index contributed by atoms with van der Waals surface area (Å²) in [5, 5.41) is 5.46. The Morgan fingerprint density at radius 2 is 1.69 bits per heavy atom. The van der Waals surface area contributed by atoms with E-state index in [1.807, 2.05) is 18.2 Å². The Morgan fingerprint density at radius 1 is 1.00 bits per heavy atom. The van der Waals surface area contributed by atoms with Gasteiger partial charge in [-0.15, -0.1) is 0 Å². The van der Waals surface area contributed by atoms with Crippen molar-refractivity contribution in [3.63, 3.8) is 0 Å². The third-order valence-electron chi connectivity index (χ3n) is 5.29. The largest absolute Gasteiger partial charge is 0.452 e. The van der Waals surface area contributed by atoms with Gasteiger partial charge < -0.3 is 20.3 Å². The fraction of sp³-hybridized carbons (Fsp3) is 0.333. The minimum atomic E-state index is -1.05. The van der Waals surface area contributed by atoms with Crippen LogP contribution in [0.1, 0.15) is 37.0 Å². The second-order valence-corrected chi connectivity index (χ2v) is 7.75. The van der Waals surface area contributed by atoms with Crippen LogP contribution < -0.4 is 10.6 Å². The van der Waals surface area contributed by atoms with Crippen molar-refractivity contribution in [2.24, 2.45) is 5.92 Å². The van der Waals surface area contributed by atoms with Gasteiger partial charge in [0.25, 0.3) is 5.91 Å². The van der Waals surface area contributed by atoms with E-state index >= 15 is 0 Å². The molecule has 168 valence electrons. The molecule has 0 aliphatic carbocycles. The number of urea groups is 1. The van der Waals surface area contributed by atoms with Crippen LogP contribution in [0.5, 0.6) is 0 Å². The second-order valence-electron chi connectivity index (χ2n) is 7.75. The highest BCUT2D eigenvalue weighted by Crippen LogP contribution is 2.21. The molecule has 1 saturated heterocycles. The minimum Gasteiger partial charge on any atom is -0.452 e. The molecule has 3 rings (SSSR count). The number of piperidine rings is 1. The summed E-state index contributed by atoms with van der Waals surface area (Å²) in [6.07, 6.45) is 0.195. The zero-order valence-electron chi connectivity index (χ0n) is 18.2. The molecule has 8 heteroatoms. The maximum absolute atomic E-state index is 12.7. The van der Waals surface area contributed by atoms with Gasteiger partial charge in [-0.2, -0.15) is 0 Å². The molecule has 1 aliphatic heterocycles. The van der Waals surface area contributed by atoms with Crippen LogP contribution in [0.2, 0.25) is 0 Å². The van der Waals surface area contributed by atoms with E-state index in [9.17, 15) is 19.2 Å². The van der Waals surface area contributed by atoms with E-state index < -0.39 is 23.9 Å². The first-order valence-electron chi connectivity index (χ1n) is 10.6. The lowest BCUT2D eigenvalue weighted by Gasteiger charge is -2.32. The Labute approximate surface area is 186 Å². The van der Waals surface area contributed by atoms with Crippen molar-refractivity contribution < 1.29 is 23.9 Å². The zero-order valence-corrected chi connectivity index (χ0v) is 18.2. The maximum atomic E-state index is 12.7. The highest BCUT2D eigenvalue weighted by Gasteiger charge is 2.31. The van der Waals surface area contributed by atoms with E-state index in [1.165, 1.54) is 13.8 Å². The van der Waals surface area contributed by atoms with Gasteiger partial charge in [0.15, 0.2) is 11.9 Å². The summed E-state index contributed by atoms with van der Waals surface area (Å²) in [6.45, 7) is 3.66. The van der Waals surface area contributed by atoms with Gasteiger partial charge in [0.05, 0.1) is 11.6 Å². The molecule has 2 aromatic carbocycles. The van der Waals surface area contributed by atoms with Crippen LogP contribution in [0.15, 0.2) is 54.6 Å². The van der Waals surface area contributed by atoms with Crippen molar-refractivity contribution in [3.05, 3.63) is 60.2 Å². The van der Waals surface area contributed by atoms with E-state index in [2.05, 4.69) is 10.6 Å². The molecule has 0 saturated carbocycles. The van der Waals surface area contributed by atoms with Crippen LogP contribution in [0, 0.1) is 5.92 Å². The van der Waals surface area contributed by atoms with Crippen molar-refractivity contribution in [3.8, 4) is 0 Å². The monoisotopic (exact) mass is 437 g/mol. The number of esters is 1. The number of carbonyl (C=O) groups excluding carboxylic acids is 4. The molecule has 1 fully saturated rings. The first kappa shape index (κ1) is 23.0. The molecule has 32 heavy (non-hydrogen) atoms. The number of anilines is 2. The van der Waals surface area contributed by atoms with Gasteiger partial charge in [-0.1, -0.05) is 30.3 Å². The SMILES string of the molecule is CC(=O)c1ccccc1NC(=O)C(C)OC(=O)C1CCCN(C(=O)Nc2ccccc2)C1. The van der Waals surface area contributed by atoms with Gasteiger partial charge in [0, 0.05) is 24.3 Å². The predicted octanol–water partition coefficient (Wildman–Crippen LogP) is 3.70. The van der Waals surface area contributed by atoms with Gasteiger partial charge in [0.2, 0.25) is 0 Å². The molecular weight excluding hydrogens is 410 g/mol. The fourth-order valence-electron chi connectivity index (χ4n) is 3.54. The van der Waals surface area contributed by atoms with E-state index in [0.717, 1.165) is 0 Å². The third-order valence-corrected chi connectivity index (χ3v) is 5.29. The molecule has 8 nitrogen and oxygen atoms in total. The highest BCUT2D eigenvalue weighted by molar-refractivity contribution is 6.04. The summed E-state index contributed by atoms with van der Waals surface area (Å²) >= 11 is 0. The van der Waals surface area contributed by atoms with Crippen LogP contribution in [-0.4, -0.2) is 47.8 Å². The zero-order chi connectivity index (χ0) is 23.1. The molecule has 2 N–H and O–H groups in total. The molecular formula is C24H27N3O5. The van der Waals surface area contributed by atoms with Crippen LogP contribution >= 0.6 is 0 Å². The number of hydrogen-bond acceptors (Lipinski definition) is 5. The van der Waals surface area contributed by atoms with Gasteiger partial charge in [0.1, 0.15) is 0 Å². The van der Waals surface area contributed by atoms with E-state index in [0.29, 0.717) is 36.3 Å². The Bertz CT molecular complexity index is 992. The number of carbonyl (C=O) groups is 4. The van der Waals surface area contributed by atoms with Crippen molar-refractivity contribution in [2.75, 3.05) is 23.7 Å². The Morgan fingerprint density at radius 3 is 2.41 bits per heavy atom. The van der Waals surface area contributed by atoms with Gasteiger partial charge in [-0.05, 0) is 51.0 Å². The number of rotatable bonds is 6. The normalized spacial score (nSPS) is 16.6. The Kier molecular flexibility index (Phi) is 7.59. The summed E-state index contributed by atoms with van der Waals surface area (Å²) < 4.78 is 5.38. The van der Waals surface area contributed by atoms with Crippen LogP contribution in [0.3, 0.4) is 0 Å². The summed E-state index contributed by atoms with van der Waals surface area (Å²) in [5.41, 5.74) is 1.43. The van der Waals surface area contributed by atoms with E-state index in [-0.39, 0.29) is 18.4 Å².